The van der Waals surface area contributed by atoms with Crippen LogP contribution in [0.1, 0.15) is 61.7 Å². The molecule has 0 aromatic heterocycles. The summed E-state index contributed by atoms with van der Waals surface area (Å²) in [5.74, 6) is -0.933. The van der Waals surface area contributed by atoms with E-state index in [4.69, 9.17) is 45.5 Å². The maximum atomic E-state index is 10.2. The predicted molar refractivity (Wildman–Crippen MR) is 111 cm³/mol. The lowest BCUT2D eigenvalue weighted by molar-refractivity contribution is -0.138. The van der Waals surface area contributed by atoms with Crippen LogP contribution < -0.4 is 17.2 Å². The highest BCUT2D eigenvalue weighted by Gasteiger charge is 2.09. The fourth-order valence-corrected chi connectivity index (χ4v) is 2.82. The first kappa shape index (κ1) is 25.8. The summed E-state index contributed by atoms with van der Waals surface area (Å²) in [5, 5.41) is 9.25. The number of carboxylic acids is 1. The number of halogens is 2. The van der Waals surface area contributed by atoms with Gasteiger partial charge in [0.25, 0.3) is 0 Å². The molecule has 0 heterocycles. The Morgan fingerprint density at radius 1 is 1.22 bits per heavy atom. The van der Waals surface area contributed by atoms with Gasteiger partial charge >= 0.3 is 5.97 Å². The minimum Gasteiger partial charge on any atom is -0.480 e. The lowest BCUT2D eigenvalue weighted by Crippen LogP contribution is -2.29. The molecule has 0 bridgehead atoms. The molecule has 1 aliphatic rings. The van der Waals surface area contributed by atoms with Gasteiger partial charge in [-0.2, -0.15) is 0 Å². The zero-order valence-corrected chi connectivity index (χ0v) is 17.1. The molecule has 27 heavy (non-hydrogen) atoms. The number of rotatable bonds is 6. The lowest BCUT2D eigenvalue weighted by atomic mass is 9.97. The summed E-state index contributed by atoms with van der Waals surface area (Å²) in [6.45, 7) is 0.604. The smallest absolute Gasteiger partial charge is 0.320 e. The SMILES string of the molecule is NC1CCCCC1.NCCCC[C@H](N)C(=O)O.O=Cc1ccc(Cl)cc1Cl. The van der Waals surface area contributed by atoms with Crippen LogP contribution in [0.3, 0.4) is 0 Å². The van der Waals surface area contributed by atoms with E-state index < -0.39 is 12.0 Å². The number of unbranched alkanes of at least 4 members (excludes halogenated alkanes) is 1. The van der Waals surface area contributed by atoms with Gasteiger partial charge in [-0.05, 0) is 50.4 Å². The molecule has 8 heteroatoms. The van der Waals surface area contributed by atoms with Crippen LogP contribution >= 0.6 is 23.2 Å². The van der Waals surface area contributed by atoms with Gasteiger partial charge in [0.15, 0.2) is 6.29 Å². The number of carbonyl (C=O) groups is 2. The molecular formula is C19H31Cl2N3O3. The van der Waals surface area contributed by atoms with E-state index >= 15 is 0 Å². The molecule has 154 valence electrons. The summed E-state index contributed by atoms with van der Waals surface area (Å²) in [6.07, 6.45) is 9.52. The second-order valence-electron chi connectivity index (χ2n) is 6.41. The Bertz CT molecular complexity index is 553. The Hall–Kier alpha value is -1.18. The summed E-state index contributed by atoms with van der Waals surface area (Å²) < 4.78 is 0. The van der Waals surface area contributed by atoms with Crippen molar-refractivity contribution in [3.05, 3.63) is 33.8 Å². The monoisotopic (exact) mass is 419 g/mol. The Morgan fingerprint density at radius 2 is 1.85 bits per heavy atom. The minimum atomic E-state index is -0.933. The van der Waals surface area contributed by atoms with Crippen LogP contribution in [-0.4, -0.2) is 36.0 Å². The summed E-state index contributed by atoms with van der Waals surface area (Å²) in [6, 6.07) is 4.56. The van der Waals surface area contributed by atoms with Gasteiger partial charge in [0.2, 0.25) is 0 Å². The largest absolute Gasteiger partial charge is 0.480 e. The summed E-state index contributed by atoms with van der Waals surface area (Å²) in [7, 11) is 0. The third-order valence-corrected chi connectivity index (χ3v) is 4.59. The van der Waals surface area contributed by atoms with Crippen molar-refractivity contribution in [3.8, 4) is 0 Å². The van der Waals surface area contributed by atoms with Crippen LogP contribution in [0, 0.1) is 0 Å². The molecule has 0 amide bonds. The number of hydrogen-bond acceptors (Lipinski definition) is 5. The van der Waals surface area contributed by atoms with Crippen molar-refractivity contribution in [2.45, 2.75) is 63.5 Å². The number of carbonyl (C=O) groups excluding carboxylic acids is 1. The molecule has 1 aromatic rings. The highest BCUT2D eigenvalue weighted by molar-refractivity contribution is 6.36. The molecule has 1 atom stereocenters. The Kier molecular flexibility index (Phi) is 15.1. The van der Waals surface area contributed by atoms with E-state index in [-0.39, 0.29) is 0 Å². The number of benzene rings is 1. The summed E-state index contributed by atoms with van der Waals surface area (Å²) >= 11 is 11.2. The number of nitrogens with two attached hydrogens (primary N) is 3. The number of carboxylic acid groups (broad SMARTS) is 1. The lowest BCUT2D eigenvalue weighted by Gasteiger charge is -2.15. The maximum Gasteiger partial charge on any atom is 0.320 e. The first-order chi connectivity index (χ1) is 12.8. The van der Waals surface area contributed by atoms with Gasteiger partial charge in [-0.25, -0.2) is 0 Å². The zero-order chi connectivity index (χ0) is 20.7. The van der Waals surface area contributed by atoms with Crippen molar-refractivity contribution in [2.24, 2.45) is 17.2 Å². The highest BCUT2D eigenvalue weighted by Crippen LogP contribution is 2.19. The fraction of sp³-hybridized carbons (Fsp3) is 0.579. The third-order valence-electron chi connectivity index (χ3n) is 4.03. The van der Waals surface area contributed by atoms with Crippen molar-refractivity contribution in [1.82, 2.24) is 0 Å². The van der Waals surface area contributed by atoms with Crippen LogP contribution in [0.2, 0.25) is 10.0 Å². The van der Waals surface area contributed by atoms with Gasteiger partial charge in [-0.1, -0.05) is 48.9 Å². The molecule has 0 aliphatic heterocycles. The predicted octanol–water partition coefficient (Wildman–Crippen LogP) is 3.61. The quantitative estimate of drug-likeness (QED) is 0.411. The molecule has 0 saturated heterocycles. The second-order valence-corrected chi connectivity index (χ2v) is 7.25. The Labute approximate surface area is 171 Å². The molecule has 1 saturated carbocycles. The first-order valence-electron chi connectivity index (χ1n) is 9.16. The minimum absolute atomic E-state index is 0.391. The van der Waals surface area contributed by atoms with Crippen molar-refractivity contribution in [2.75, 3.05) is 6.54 Å². The Balaban J connectivity index is 0.000000382. The number of hydrogen-bond donors (Lipinski definition) is 4. The molecule has 1 aromatic carbocycles. The van der Waals surface area contributed by atoms with E-state index in [1.54, 1.807) is 12.1 Å². The van der Waals surface area contributed by atoms with Crippen LogP contribution in [0.25, 0.3) is 0 Å². The summed E-state index contributed by atoms with van der Waals surface area (Å²) in [5.41, 5.74) is 16.5. The van der Waals surface area contributed by atoms with E-state index in [2.05, 4.69) is 0 Å². The topological polar surface area (TPSA) is 132 Å². The van der Waals surface area contributed by atoms with Gasteiger partial charge in [0.05, 0.1) is 5.02 Å². The average Bonchev–Trinajstić information content (AvgIpc) is 2.63. The maximum absolute atomic E-state index is 10.2. The van der Waals surface area contributed by atoms with E-state index in [0.29, 0.717) is 40.9 Å². The molecule has 7 N–H and O–H groups in total. The molecule has 1 fully saturated rings. The molecule has 6 nitrogen and oxygen atoms in total. The molecule has 0 unspecified atom stereocenters. The van der Waals surface area contributed by atoms with Crippen molar-refractivity contribution >= 4 is 35.5 Å². The van der Waals surface area contributed by atoms with E-state index in [1.165, 1.54) is 38.2 Å². The average molecular weight is 420 g/mol. The van der Waals surface area contributed by atoms with Gasteiger partial charge in [-0.3, -0.25) is 9.59 Å². The van der Waals surface area contributed by atoms with E-state index in [1.807, 2.05) is 0 Å². The Morgan fingerprint density at radius 3 is 2.26 bits per heavy atom. The molecule has 0 spiro atoms. The van der Waals surface area contributed by atoms with Crippen molar-refractivity contribution in [1.29, 1.82) is 0 Å². The van der Waals surface area contributed by atoms with Crippen LogP contribution in [-0.2, 0) is 4.79 Å². The first-order valence-corrected chi connectivity index (χ1v) is 9.91. The number of aliphatic carboxylic acids is 1. The summed E-state index contributed by atoms with van der Waals surface area (Å²) in [4.78, 5) is 20.3. The normalized spacial score (nSPS) is 14.9. The molecule has 1 aliphatic carbocycles. The van der Waals surface area contributed by atoms with Crippen LogP contribution in [0.4, 0.5) is 0 Å². The van der Waals surface area contributed by atoms with Crippen LogP contribution in [0.15, 0.2) is 18.2 Å². The van der Waals surface area contributed by atoms with Gasteiger partial charge in [-0.15, -0.1) is 0 Å². The van der Waals surface area contributed by atoms with Crippen LogP contribution in [0.5, 0.6) is 0 Å². The van der Waals surface area contributed by atoms with Crippen molar-refractivity contribution in [3.63, 3.8) is 0 Å². The van der Waals surface area contributed by atoms with E-state index in [0.717, 1.165) is 12.8 Å². The van der Waals surface area contributed by atoms with Gasteiger partial charge in [0, 0.05) is 16.6 Å². The highest BCUT2D eigenvalue weighted by atomic mass is 35.5. The van der Waals surface area contributed by atoms with Gasteiger partial charge < -0.3 is 22.3 Å². The van der Waals surface area contributed by atoms with E-state index in [9.17, 15) is 9.59 Å². The molecule has 0 radical (unpaired) electrons. The fourth-order valence-electron chi connectivity index (χ4n) is 2.36. The van der Waals surface area contributed by atoms with Crippen molar-refractivity contribution < 1.29 is 14.7 Å². The second kappa shape index (κ2) is 15.8. The molecule has 2 rings (SSSR count). The zero-order valence-electron chi connectivity index (χ0n) is 15.6. The van der Waals surface area contributed by atoms with Gasteiger partial charge in [0.1, 0.15) is 6.04 Å². The third kappa shape index (κ3) is 13.6. The standard InChI is InChI=1S/C7H4Cl2O.C6H14N2O2.C6H13N/c8-6-2-1-5(4-10)7(9)3-6;7-4-2-1-3-5(8)6(9)10;7-6-4-2-1-3-5-6/h1-4H;5H,1-4,7-8H2,(H,9,10);6H,1-5,7H2/t;5-;/m.0./s1. The number of aldehydes is 1. The molecular weight excluding hydrogens is 389 g/mol.